The maximum atomic E-state index is 11.2. The molecule has 4 rings (SSSR count). The molecule has 0 aliphatic carbocycles. The summed E-state index contributed by atoms with van der Waals surface area (Å²) >= 11 is 0. The summed E-state index contributed by atoms with van der Waals surface area (Å²) in [5.74, 6) is 1.67. The lowest BCUT2D eigenvalue weighted by Gasteiger charge is -1.98. The minimum absolute atomic E-state index is 0.313. The number of aliphatic imine (C=N–C) groups is 1. The lowest BCUT2D eigenvalue weighted by molar-refractivity contribution is 0.158. The van der Waals surface area contributed by atoms with Gasteiger partial charge in [-0.15, -0.1) is 0 Å². The highest BCUT2D eigenvalue weighted by molar-refractivity contribution is 5.84. The number of carbonyl (C=O) groups excluding carboxylic acids is 1. The van der Waals surface area contributed by atoms with Crippen molar-refractivity contribution in [2.45, 2.75) is 13.3 Å². The molecule has 0 aliphatic heterocycles. The van der Waals surface area contributed by atoms with Crippen LogP contribution in [0.2, 0.25) is 0 Å². The number of para-hydroxylation sites is 2. The van der Waals surface area contributed by atoms with E-state index in [2.05, 4.69) is 30.2 Å². The van der Waals surface area contributed by atoms with Gasteiger partial charge in [-0.25, -0.2) is 19.8 Å². The zero-order valence-corrected chi connectivity index (χ0v) is 14.7. The third-order valence-electron chi connectivity index (χ3n) is 3.96. The number of imidazole rings is 2. The van der Waals surface area contributed by atoms with Crippen LogP contribution in [0.5, 0.6) is 0 Å². The predicted molar refractivity (Wildman–Crippen MR) is 103 cm³/mol. The second-order valence-corrected chi connectivity index (χ2v) is 5.89. The molecular formula is C19H18N6O2. The number of alkyl carbamates (subject to hydrolysis) is 1. The number of carbonyl (C=O) groups is 1. The molecule has 0 saturated carbocycles. The Hall–Kier alpha value is -3.68. The molecule has 0 bridgehead atoms. The second kappa shape index (κ2) is 7.28. The highest BCUT2D eigenvalue weighted by Gasteiger charge is 2.08. The van der Waals surface area contributed by atoms with Crippen LogP contribution < -0.4 is 5.32 Å². The third kappa shape index (κ3) is 3.79. The maximum absolute atomic E-state index is 11.2. The fraction of sp³-hybridized carbons (Fsp3) is 0.158. The third-order valence-corrected chi connectivity index (χ3v) is 3.96. The molecule has 0 saturated heterocycles. The van der Waals surface area contributed by atoms with E-state index in [4.69, 9.17) is 4.74 Å². The van der Waals surface area contributed by atoms with E-state index in [9.17, 15) is 4.79 Å². The average Bonchev–Trinajstić information content (AvgIpc) is 3.24. The van der Waals surface area contributed by atoms with Crippen LogP contribution in [0.15, 0.2) is 47.5 Å². The Morgan fingerprint density at radius 3 is 2.63 bits per heavy atom. The van der Waals surface area contributed by atoms with Crippen molar-refractivity contribution in [1.82, 2.24) is 25.3 Å². The quantitative estimate of drug-likeness (QED) is 0.373. The van der Waals surface area contributed by atoms with Crippen molar-refractivity contribution in [3.05, 3.63) is 54.1 Å². The van der Waals surface area contributed by atoms with Gasteiger partial charge in [0.05, 0.1) is 47.1 Å². The normalized spacial score (nSPS) is 11.4. The van der Waals surface area contributed by atoms with Crippen molar-refractivity contribution in [3.8, 4) is 0 Å². The van der Waals surface area contributed by atoms with Gasteiger partial charge in [0.2, 0.25) is 0 Å². The van der Waals surface area contributed by atoms with Crippen LogP contribution in [0.3, 0.4) is 0 Å². The summed E-state index contributed by atoms with van der Waals surface area (Å²) in [7, 11) is 0. The molecule has 8 heteroatoms. The Labute approximate surface area is 154 Å². The summed E-state index contributed by atoms with van der Waals surface area (Å²) in [6, 6.07) is 13.5. The zero-order chi connectivity index (χ0) is 18.6. The molecule has 0 atom stereocenters. The van der Waals surface area contributed by atoms with E-state index in [-0.39, 0.29) is 0 Å². The van der Waals surface area contributed by atoms with Crippen LogP contribution in [0.25, 0.3) is 22.1 Å². The van der Waals surface area contributed by atoms with Gasteiger partial charge in [-0.1, -0.05) is 12.1 Å². The fourth-order valence-corrected chi connectivity index (χ4v) is 2.79. The highest BCUT2D eigenvalue weighted by atomic mass is 16.5. The molecule has 2 heterocycles. The Morgan fingerprint density at radius 2 is 1.85 bits per heavy atom. The number of amides is 1. The summed E-state index contributed by atoms with van der Waals surface area (Å²) < 4.78 is 4.77. The number of hydrogen-bond donors (Lipinski definition) is 3. The molecule has 136 valence electrons. The largest absolute Gasteiger partial charge is 0.450 e. The van der Waals surface area contributed by atoms with Gasteiger partial charge in [0.15, 0.2) is 0 Å². The van der Waals surface area contributed by atoms with Gasteiger partial charge in [-0.05, 0) is 37.3 Å². The van der Waals surface area contributed by atoms with Gasteiger partial charge in [-0.2, -0.15) is 0 Å². The van der Waals surface area contributed by atoms with Crippen LogP contribution in [-0.4, -0.2) is 39.0 Å². The van der Waals surface area contributed by atoms with Gasteiger partial charge in [0, 0.05) is 0 Å². The molecule has 0 fully saturated rings. The van der Waals surface area contributed by atoms with Gasteiger partial charge < -0.3 is 14.7 Å². The van der Waals surface area contributed by atoms with E-state index in [0.29, 0.717) is 18.7 Å². The van der Waals surface area contributed by atoms with Crippen molar-refractivity contribution in [1.29, 1.82) is 0 Å². The summed E-state index contributed by atoms with van der Waals surface area (Å²) in [6.45, 7) is 2.06. The van der Waals surface area contributed by atoms with Gasteiger partial charge in [0.1, 0.15) is 11.6 Å². The first kappa shape index (κ1) is 16.8. The summed E-state index contributed by atoms with van der Waals surface area (Å²) in [5.41, 5.74) is 4.35. The Balaban J connectivity index is 1.50. The van der Waals surface area contributed by atoms with E-state index in [0.717, 1.165) is 33.7 Å². The molecule has 3 N–H and O–H groups in total. The van der Waals surface area contributed by atoms with E-state index in [1.54, 1.807) is 6.92 Å². The summed E-state index contributed by atoms with van der Waals surface area (Å²) in [4.78, 5) is 31.2. The maximum Gasteiger partial charge on any atom is 0.412 e. The topological polar surface area (TPSA) is 108 Å². The van der Waals surface area contributed by atoms with Crippen molar-refractivity contribution in [2.75, 3.05) is 6.61 Å². The molecule has 0 spiro atoms. The second-order valence-electron chi connectivity index (χ2n) is 5.89. The smallest absolute Gasteiger partial charge is 0.412 e. The standard InChI is InChI=1S/C19H18N6O2/c1-2-27-19(26)21-11-20-12-7-8-15-16(9-12)25-18(24-15)10-17-22-13-5-3-4-6-14(13)23-17/h3-9,11H,2,10H2,1H3,(H,22,23)(H,24,25)(H,20,21,26). The zero-order valence-electron chi connectivity index (χ0n) is 14.7. The Morgan fingerprint density at radius 1 is 1.11 bits per heavy atom. The van der Waals surface area contributed by atoms with Crippen LogP contribution in [0, 0.1) is 0 Å². The van der Waals surface area contributed by atoms with Gasteiger partial charge in [-0.3, -0.25) is 5.32 Å². The predicted octanol–water partition coefficient (Wildman–Crippen LogP) is 3.44. The van der Waals surface area contributed by atoms with E-state index >= 15 is 0 Å². The molecule has 0 radical (unpaired) electrons. The monoisotopic (exact) mass is 362 g/mol. The minimum Gasteiger partial charge on any atom is -0.450 e. The number of rotatable bonds is 5. The highest BCUT2D eigenvalue weighted by Crippen LogP contribution is 2.20. The molecule has 27 heavy (non-hydrogen) atoms. The molecule has 0 aliphatic rings. The molecule has 8 nitrogen and oxygen atoms in total. The molecule has 0 unspecified atom stereocenters. The molecule has 1 amide bonds. The number of aromatic amines is 2. The van der Waals surface area contributed by atoms with Crippen LogP contribution in [-0.2, 0) is 11.2 Å². The van der Waals surface area contributed by atoms with Crippen LogP contribution >= 0.6 is 0 Å². The SMILES string of the molecule is CCOC(=O)NC=Nc1ccc2nc(Cc3nc4ccccc4[nH]3)[nH]c2c1. The van der Waals surface area contributed by atoms with E-state index in [1.807, 2.05) is 42.5 Å². The average molecular weight is 362 g/mol. The van der Waals surface area contributed by atoms with E-state index in [1.165, 1.54) is 6.34 Å². The van der Waals surface area contributed by atoms with Gasteiger partial charge in [0.25, 0.3) is 0 Å². The molecule has 2 aromatic carbocycles. The Bertz CT molecular complexity index is 1090. The van der Waals surface area contributed by atoms with Crippen LogP contribution in [0.1, 0.15) is 18.6 Å². The first-order valence-electron chi connectivity index (χ1n) is 8.59. The number of aromatic nitrogens is 4. The number of nitrogens with one attached hydrogen (secondary N) is 3. The van der Waals surface area contributed by atoms with Crippen molar-refractivity contribution in [3.63, 3.8) is 0 Å². The molecular weight excluding hydrogens is 344 g/mol. The van der Waals surface area contributed by atoms with E-state index < -0.39 is 6.09 Å². The molecule has 2 aromatic heterocycles. The Kier molecular flexibility index (Phi) is 4.52. The van der Waals surface area contributed by atoms with Crippen molar-refractivity contribution >= 4 is 40.2 Å². The number of nitrogens with zero attached hydrogens (tertiary/aromatic N) is 3. The van der Waals surface area contributed by atoms with Crippen molar-refractivity contribution < 1.29 is 9.53 Å². The number of H-pyrrole nitrogens is 2. The lowest BCUT2D eigenvalue weighted by Crippen LogP contribution is -2.22. The number of hydrogen-bond acceptors (Lipinski definition) is 5. The first-order valence-corrected chi connectivity index (χ1v) is 8.59. The fourth-order valence-electron chi connectivity index (χ4n) is 2.79. The van der Waals surface area contributed by atoms with Crippen LogP contribution in [0.4, 0.5) is 10.5 Å². The minimum atomic E-state index is -0.531. The molecule has 4 aromatic rings. The summed E-state index contributed by atoms with van der Waals surface area (Å²) in [5, 5.41) is 2.44. The first-order chi connectivity index (χ1) is 13.2. The number of fused-ring (bicyclic) bond motifs is 2. The number of benzene rings is 2. The van der Waals surface area contributed by atoms with Crippen molar-refractivity contribution in [2.24, 2.45) is 4.99 Å². The van der Waals surface area contributed by atoms with Gasteiger partial charge >= 0.3 is 6.09 Å². The summed E-state index contributed by atoms with van der Waals surface area (Å²) in [6.07, 6.45) is 1.36. The lowest BCUT2D eigenvalue weighted by atomic mass is 10.3. The number of ether oxygens (including phenoxy) is 1.